The summed E-state index contributed by atoms with van der Waals surface area (Å²) in [6.45, 7) is 5.68. The Balaban J connectivity index is 0.00000117. The SMILES string of the molecule is CC.Cc1c(Cc2cccc([N+](=O)[O-])c2F)c(=O)oc2cc(O)ccc12. The molecule has 0 aliphatic carbocycles. The van der Waals surface area contributed by atoms with Crippen LogP contribution in [0, 0.1) is 22.9 Å². The van der Waals surface area contributed by atoms with Crippen LogP contribution in [0.25, 0.3) is 11.0 Å². The van der Waals surface area contributed by atoms with Crippen LogP contribution in [0.3, 0.4) is 0 Å². The minimum atomic E-state index is -0.966. The number of benzene rings is 2. The van der Waals surface area contributed by atoms with Crippen molar-refractivity contribution in [2.24, 2.45) is 0 Å². The number of nitro benzene ring substituents is 1. The number of phenolic OH excluding ortho intramolecular Hbond substituents is 1. The summed E-state index contributed by atoms with van der Waals surface area (Å²) < 4.78 is 19.4. The van der Waals surface area contributed by atoms with Gasteiger partial charge in [-0.15, -0.1) is 0 Å². The Hall–Kier alpha value is -3.22. The van der Waals surface area contributed by atoms with E-state index in [9.17, 15) is 24.4 Å². The minimum Gasteiger partial charge on any atom is -0.508 e. The molecule has 1 heterocycles. The molecule has 0 fully saturated rings. The molecule has 26 heavy (non-hydrogen) atoms. The summed E-state index contributed by atoms with van der Waals surface area (Å²) in [7, 11) is 0. The van der Waals surface area contributed by atoms with Crippen molar-refractivity contribution in [3.8, 4) is 5.75 Å². The van der Waals surface area contributed by atoms with E-state index < -0.39 is 22.1 Å². The molecule has 1 aromatic heterocycles. The van der Waals surface area contributed by atoms with Gasteiger partial charge in [0.25, 0.3) is 0 Å². The summed E-state index contributed by atoms with van der Waals surface area (Å²) in [5.41, 5.74) is -0.255. The molecular weight excluding hydrogens is 341 g/mol. The average Bonchev–Trinajstić information content (AvgIpc) is 2.61. The van der Waals surface area contributed by atoms with E-state index in [1.54, 1.807) is 13.0 Å². The second kappa shape index (κ2) is 7.77. The van der Waals surface area contributed by atoms with Gasteiger partial charge in [-0.2, -0.15) is 4.39 Å². The number of hydrogen-bond acceptors (Lipinski definition) is 5. The Morgan fingerprint density at radius 1 is 1.23 bits per heavy atom. The molecule has 0 radical (unpaired) electrons. The second-order valence-electron chi connectivity index (χ2n) is 5.36. The van der Waals surface area contributed by atoms with Gasteiger partial charge in [0.15, 0.2) is 0 Å². The zero-order chi connectivity index (χ0) is 19.4. The number of aryl methyl sites for hydroxylation is 1. The number of nitro groups is 1. The number of hydrogen-bond donors (Lipinski definition) is 1. The predicted molar refractivity (Wildman–Crippen MR) is 96.1 cm³/mol. The highest BCUT2D eigenvalue weighted by atomic mass is 19.1. The van der Waals surface area contributed by atoms with Gasteiger partial charge in [0.05, 0.1) is 4.92 Å². The molecule has 0 amide bonds. The Bertz CT molecular complexity index is 1030. The van der Waals surface area contributed by atoms with Gasteiger partial charge in [0, 0.05) is 29.5 Å². The van der Waals surface area contributed by atoms with Gasteiger partial charge in [0.1, 0.15) is 11.3 Å². The van der Waals surface area contributed by atoms with Crippen molar-refractivity contribution in [2.75, 3.05) is 0 Å². The van der Waals surface area contributed by atoms with Crippen LogP contribution in [-0.2, 0) is 6.42 Å². The van der Waals surface area contributed by atoms with Crippen LogP contribution in [0.15, 0.2) is 45.6 Å². The topological polar surface area (TPSA) is 93.6 Å². The zero-order valence-corrected chi connectivity index (χ0v) is 14.6. The average molecular weight is 359 g/mol. The molecule has 0 saturated heterocycles. The third-order valence-corrected chi connectivity index (χ3v) is 3.89. The molecule has 6 nitrogen and oxygen atoms in total. The molecule has 3 rings (SSSR count). The Morgan fingerprint density at radius 3 is 2.58 bits per heavy atom. The zero-order valence-electron chi connectivity index (χ0n) is 14.6. The molecule has 2 aromatic carbocycles. The summed E-state index contributed by atoms with van der Waals surface area (Å²) in [6, 6.07) is 8.19. The Labute approximate surface area is 148 Å². The minimum absolute atomic E-state index is 0.0393. The van der Waals surface area contributed by atoms with E-state index in [1.807, 2.05) is 13.8 Å². The van der Waals surface area contributed by atoms with Crippen LogP contribution < -0.4 is 5.63 Å². The maximum absolute atomic E-state index is 14.2. The Morgan fingerprint density at radius 2 is 1.92 bits per heavy atom. The molecule has 7 heteroatoms. The van der Waals surface area contributed by atoms with Gasteiger partial charge in [-0.3, -0.25) is 10.1 Å². The highest BCUT2D eigenvalue weighted by molar-refractivity contribution is 5.82. The molecule has 0 aliphatic heterocycles. The van der Waals surface area contributed by atoms with Crippen LogP contribution in [0.1, 0.15) is 30.5 Å². The molecule has 0 atom stereocenters. The van der Waals surface area contributed by atoms with E-state index in [0.29, 0.717) is 10.9 Å². The van der Waals surface area contributed by atoms with Crippen molar-refractivity contribution in [1.82, 2.24) is 0 Å². The highest BCUT2D eigenvalue weighted by Gasteiger charge is 2.20. The molecule has 0 unspecified atom stereocenters. The van der Waals surface area contributed by atoms with Crippen LogP contribution in [-0.4, -0.2) is 10.0 Å². The van der Waals surface area contributed by atoms with Crippen molar-refractivity contribution >= 4 is 16.7 Å². The quantitative estimate of drug-likeness (QED) is 0.423. The summed E-state index contributed by atoms with van der Waals surface area (Å²) in [4.78, 5) is 22.2. The summed E-state index contributed by atoms with van der Waals surface area (Å²) in [5.74, 6) is -1.00. The van der Waals surface area contributed by atoms with E-state index in [4.69, 9.17) is 4.42 Å². The fraction of sp³-hybridized carbons (Fsp3) is 0.211. The molecule has 1 N–H and O–H groups in total. The monoisotopic (exact) mass is 359 g/mol. The number of rotatable bonds is 3. The van der Waals surface area contributed by atoms with Crippen molar-refractivity contribution < 1.29 is 18.8 Å². The molecule has 3 aromatic rings. The lowest BCUT2D eigenvalue weighted by Crippen LogP contribution is -2.12. The van der Waals surface area contributed by atoms with E-state index in [1.165, 1.54) is 24.3 Å². The highest BCUT2D eigenvalue weighted by Crippen LogP contribution is 2.26. The standard InChI is InChI=1S/C17H12FNO5.C2H6/c1-9-12-6-5-11(20)8-15(12)24-17(21)13(9)7-10-3-2-4-14(16(10)18)19(22)23;1-2/h2-6,8,20H,7H2,1H3;1-2H3. The first-order valence-electron chi connectivity index (χ1n) is 8.05. The van der Waals surface area contributed by atoms with Gasteiger partial charge in [-0.1, -0.05) is 26.0 Å². The van der Waals surface area contributed by atoms with Gasteiger partial charge in [-0.05, 0) is 30.2 Å². The van der Waals surface area contributed by atoms with Crippen LogP contribution in [0.2, 0.25) is 0 Å². The van der Waals surface area contributed by atoms with Gasteiger partial charge < -0.3 is 9.52 Å². The number of phenols is 1. The van der Waals surface area contributed by atoms with Crippen molar-refractivity contribution in [3.05, 3.63) is 79.4 Å². The molecule has 0 bridgehead atoms. The lowest BCUT2D eigenvalue weighted by atomic mass is 9.99. The van der Waals surface area contributed by atoms with E-state index in [2.05, 4.69) is 0 Å². The predicted octanol–water partition coefficient (Wildman–Crippen LogP) is 4.47. The van der Waals surface area contributed by atoms with Gasteiger partial charge >= 0.3 is 11.3 Å². The van der Waals surface area contributed by atoms with Crippen LogP contribution >= 0.6 is 0 Å². The largest absolute Gasteiger partial charge is 0.508 e. The third kappa shape index (κ3) is 3.56. The number of halogens is 1. The number of nitrogens with zero attached hydrogens (tertiary/aromatic N) is 1. The molecule has 136 valence electrons. The van der Waals surface area contributed by atoms with Crippen molar-refractivity contribution in [1.29, 1.82) is 0 Å². The van der Waals surface area contributed by atoms with E-state index >= 15 is 0 Å². The Kier molecular flexibility index (Phi) is 5.71. The van der Waals surface area contributed by atoms with Crippen molar-refractivity contribution in [2.45, 2.75) is 27.2 Å². The molecule has 0 spiro atoms. The number of fused-ring (bicyclic) bond motifs is 1. The van der Waals surface area contributed by atoms with Gasteiger partial charge in [-0.25, -0.2) is 4.79 Å². The summed E-state index contributed by atoms with van der Waals surface area (Å²) in [6.07, 6.45) is -0.126. The van der Waals surface area contributed by atoms with E-state index in [0.717, 1.165) is 6.07 Å². The second-order valence-corrected chi connectivity index (χ2v) is 5.36. The first-order valence-corrected chi connectivity index (χ1v) is 8.05. The molecule has 0 aliphatic rings. The molecular formula is C19H18FNO5. The fourth-order valence-electron chi connectivity index (χ4n) is 2.62. The molecule has 0 saturated carbocycles. The first kappa shape index (κ1) is 19.1. The summed E-state index contributed by atoms with van der Waals surface area (Å²) >= 11 is 0. The lowest BCUT2D eigenvalue weighted by molar-refractivity contribution is -0.387. The smallest absolute Gasteiger partial charge is 0.340 e. The lowest BCUT2D eigenvalue weighted by Gasteiger charge is -2.09. The summed E-state index contributed by atoms with van der Waals surface area (Å²) in [5, 5.41) is 20.9. The van der Waals surface area contributed by atoms with Gasteiger partial charge in [0.2, 0.25) is 5.82 Å². The first-order chi connectivity index (χ1) is 12.4. The maximum Gasteiger partial charge on any atom is 0.340 e. The maximum atomic E-state index is 14.2. The van der Waals surface area contributed by atoms with Crippen LogP contribution in [0.5, 0.6) is 5.75 Å². The third-order valence-electron chi connectivity index (χ3n) is 3.89. The van der Waals surface area contributed by atoms with Crippen LogP contribution in [0.4, 0.5) is 10.1 Å². The fourth-order valence-corrected chi connectivity index (χ4v) is 2.62. The van der Waals surface area contributed by atoms with Crippen molar-refractivity contribution in [3.63, 3.8) is 0 Å². The normalized spacial score (nSPS) is 10.3. The number of aromatic hydroxyl groups is 1. The van der Waals surface area contributed by atoms with E-state index in [-0.39, 0.29) is 28.9 Å².